The molecular weight excluding hydrogens is 365 g/mol. The van der Waals surface area contributed by atoms with Crippen molar-refractivity contribution in [1.82, 2.24) is 5.01 Å². The molecule has 0 bridgehead atoms. The Morgan fingerprint density at radius 1 is 1.33 bits per heavy atom. The molecule has 6 nitrogen and oxygen atoms in total. The van der Waals surface area contributed by atoms with Crippen molar-refractivity contribution < 1.29 is 32.5 Å². The zero-order valence-corrected chi connectivity index (χ0v) is 15.0. The summed E-state index contributed by atoms with van der Waals surface area (Å²) in [7, 11) is 1.41. The van der Waals surface area contributed by atoms with Crippen molar-refractivity contribution >= 4 is 11.6 Å². The number of hydrazone groups is 1. The topological polar surface area (TPSA) is 71.4 Å². The standard InChI is InChI=1S/C18H21F3N2O4/c1-11(27-15-10-6-5-9-14(15)26-2)16(24)23-17(25,18(19,20)21)12-7-3-4-8-13(12)22-23/h5-6,9-12,25H,3-4,7-8H2,1-2H3/t11-,12+,17+/m1/s1. The van der Waals surface area contributed by atoms with Crippen molar-refractivity contribution in [3.05, 3.63) is 24.3 Å². The highest BCUT2D eigenvalue weighted by atomic mass is 19.4. The summed E-state index contributed by atoms with van der Waals surface area (Å²) in [4.78, 5) is 12.7. The van der Waals surface area contributed by atoms with Gasteiger partial charge in [-0.2, -0.15) is 23.3 Å². The maximum Gasteiger partial charge on any atom is 0.439 e. The van der Waals surface area contributed by atoms with E-state index < -0.39 is 29.8 Å². The third-order valence-electron chi connectivity index (χ3n) is 4.96. The highest BCUT2D eigenvalue weighted by Crippen LogP contribution is 2.48. The number of halogens is 3. The first-order valence-electron chi connectivity index (χ1n) is 8.70. The normalized spacial score (nSPS) is 26.2. The van der Waals surface area contributed by atoms with Crippen LogP contribution in [0.1, 0.15) is 32.6 Å². The first kappa shape index (κ1) is 19.5. The molecule has 1 N–H and O–H groups in total. The van der Waals surface area contributed by atoms with Gasteiger partial charge in [-0.05, 0) is 38.3 Å². The summed E-state index contributed by atoms with van der Waals surface area (Å²) in [5.41, 5.74) is -3.14. The van der Waals surface area contributed by atoms with E-state index in [0.717, 1.165) is 0 Å². The Hall–Kier alpha value is -2.29. The van der Waals surface area contributed by atoms with Gasteiger partial charge in [-0.1, -0.05) is 18.6 Å². The number of hydrogen-bond donors (Lipinski definition) is 1. The van der Waals surface area contributed by atoms with Crippen molar-refractivity contribution in [2.75, 3.05) is 7.11 Å². The molecule has 1 aliphatic heterocycles. The van der Waals surface area contributed by atoms with E-state index in [4.69, 9.17) is 9.47 Å². The zero-order valence-electron chi connectivity index (χ0n) is 15.0. The van der Waals surface area contributed by atoms with E-state index in [-0.39, 0.29) is 22.9 Å². The summed E-state index contributed by atoms with van der Waals surface area (Å²) in [6.45, 7) is 1.31. The van der Waals surface area contributed by atoms with Crippen LogP contribution in [0, 0.1) is 5.92 Å². The Balaban J connectivity index is 1.88. The van der Waals surface area contributed by atoms with Gasteiger partial charge in [-0.15, -0.1) is 0 Å². The van der Waals surface area contributed by atoms with E-state index in [1.54, 1.807) is 18.2 Å². The Labute approximate surface area is 154 Å². The Morgan fingerprint density at radius 2 is 2.00 bits per heavy atom. The van der Waals surface area contributed by atoms with Gasteiger partial charge < -0.3 is 14.6 Å². The molecule has 0 spiro atoms. The van der Waals surface area contributed by atoms with Crippen LogP contribution < -0.4 is 9.47 Å². The molecule has 0 unspecified atom stereocenters. The van der Waals surface area contributed by atoms with Gasteiger partial charge in [-0.3, -0.25) is 4.79 Å². The first-order valence-corrected chi connectivity index (χ1v) is 8.70. The number of rotatable bonds is 4. The van der Waals surface area contributed by atoms with Crippen LogP contribution in [0.4, 0.5) is 13.2 Å². The molecule has 1 saturated carbocycles. The molecule has 1 aromatic rings. The molecule has 9 heteroatoms. The average Bonchev–Trinajstić information content (AvgIpc) is 2.95. The third-order valence-corrected chi connectivity index (χ3v) is 4.96. The number of ether oxygens (including phenoxy) is 2. The van der Waals surface area contributed by atoms with E-state index in [9.17, 15) is 23.1 Å². The quantitative estimate of drug-likeness (QED) is 0.863. The molecule has 1 aliphatic carbocycles. The lowest BCUT2D eigenvalue weighted by atomic mass is 9.80. The molecule has 1 heterocycles. The van der Waals surface area contributed by atoms with Gasteiger partial charge in [0.1, 0.15) is 0 Å². The summed E-state index contributed by atoms with van der Waals surface area (Å²) < 4.78 is 51.9. The summed E-state index contributed by atoms with van der Waals surface area (Å²) >= 11 is 0. The van der Waals surface area contributed by atoms with Crippen molar-refractivity contribution in [3.63, 3.8) is 0 Å². The third kappa shape index (κ3) is 3.24. The minimum Gasteiger partial charge on any atom is -0.493 e. The van der Waals surface area contributed by atoms with Crippen LogP contribution in [0.2, 0.25) is 0 Å². The van der Waals surface area contributed by atoms with Gasteiger partial charge >= 0.3 is 6.18 Å². The number of amides is 1. The lowest BCUT2D eigenvalue weighted by molar-refractivity contribution is -0.318. The van der Waals surface area contributed by atoms with Crippen molar-refractivity contribution in [2.24, 2.45) is 11.0 Å². The number of hydrogen-bond acceptors (Lipinski definition) is 5. The second-order valence-corrected chi connectivity index (χ2v) is 6.67. The number of aliphatic hydroxyl groups is 1. The Kier molecular flexibility index (Phi) is 5.07. The van der Waals surface area contributed by atoms with Gasteiger partial charge in [0, 0.05) is 5.71 Å². The van der Waals surface area contributed by atoms with Crippen LogP contribution in [-0.2, 0) is 4.79 Å². The molecule has 1 aromatic carbocycles. The molecule has 0 saturated heterocycles. The lowest BCUT2D eigenvalue weighted by Crippen LogP contribution is -2.62. The van der Waals surface area contributed by atoms with Gasteiger partial charge in [0.05, 0.1) is 13.0 Å². The largest absolute Gasteiger partial charge is 0.493 e. The minimum absolute atomic E-state index is 0.125. The average molecular weight is 386 g/mol. The number of para-hydroxylation sites is 2. The molecule has 1 amide bonds. The van der Waals surface area contributed by atoms with Crippen LogP contribution in [-0.4, -0.2) is 46.8 Å². The predicted octanol–water partition coefficient (Wildman–Crippen LogP) is 3.10. The molecule has 2 aliphatic rings. The zero-order chi connectivity index (χ0) is 19.8. The van der Waals surface area contributed by atoms with Crippen molar-refractivity contribution in [3.8, 4) is 11.5 Å². The smallest absolute Gasteiger partial charge is 0.439 e. The maximum absolute atomic E-state index is 13.8. The summed E-state index contributed by atoms with van der Waals surface area (Å²) in [5.74, 6) is -1.76. The fraction of sp³-hybridized carbons (Fsp3) is 0.556. The van der Waals surface area contributed by atoms with Gasteiger partial charge in [0.25, 0.3) is 11.6 Å². The molecule has 3 atom stereocenters. The maximum atomic E-state index is 13.8. The van der Waals surface area contributed by atoms with Crippen LogP contribution >= 0.6 is 0 Å². The highest BCUT2D eigenvalue weighted by molar-refractivity contribution is 5.94. The molecule has 3 rings (SSSR count). The van der Waals surface area contributed by atoms with E-state index in [1.807, 2.05) is 0 Å². The van der Waals surface area contributed by atoms with E-state index in [1.165, 1.54) is 20.1 Å². The number of benzene rings is 1. The predicted molar refractivity (Wildman–Crippen MR) is 90.3 cm³/mol. The fourth-order valence-electron chi connectivity index (χ4n) is 3.57. The number of nitrogens with zero attached hydrogens (tertiary/aromatic N) is 2. The van der Waals surface area contributed by atoms with Gasteiger partial charge in [0.2, 0.25) is 0 Å². The molecular formula is C18H21F3N2O4. The van der Waals surface area contributed by atoms with E-state index >= 15 is 0 Å². The summed E-state index contributed by atoms with van der Waals surface area (Å²) in [6, 6.07) is 6.47. The first-order chi connectivity index (χ1) is 12.7. The Morgan fingerprint density at radius 3 is 2.63 bits per heavy atom. The van der Waals surface area contributed by atoms with Gasteiger partial charge in [-0.25, -0.2) is 0 Å². The second-order valence-electron chi connectivity index (χ2n) is 6.67. The van der Waals surface area contributed by atoms with Crippen molar-refractivity contribution in [1.29, 1.82) is 0 Å². The second kappa shape index (κ2) is 7.03. The molecule has 1 fully saturated rings. The molecule has 27 heavy (non-hydrogen) atoms. The van der Waals surface area contributed by atoms with Gasteiger partial charge in [0.15, 0.2) is 17.6 Å². The number of alkyl halides is 3. The van der Waals surface area contributed by atoms with Crippen LogP contribution in [0.3, 0.4) is 0 Å². The SMILES string of the molecule is COc1ccccc1O[C@H](C)C(=O)N1N=C2CCCC[C@@H]2[C@]1(O)C(F)(F)F. The number of carbonyl (C=O) groups is 1. The van der Waals surface area contributed by atoms with Crippen LogP contribution in [0.15, 0.2) is 29.4 Å². The lowest BCUT2D eigenvalue weighted by Gasteiger charge is -2.38. The minimum atomic E-state index is -5.04. The van der Waals surface area contributed by atoms with Crippen LogP contribution in [0.5, 0.6) is 11.5 Å². The van der Waals surface area contributed by atoms with Crippen LogP contribution in [0.25, 0.3) is 0 Å². The van der Waals surface area contributed by atoms with E-state index in [0.29, 0.717) is 25.0 Å². The summed E-state index contributed by atoms with van der Waals surface area (Å²) in [5, 5.41) is 14.6. The van der Waals surface area contributed by atoms with Crippen molar-refractivity contribution in [2.45, 2.75) is 50.6 Å². The van der Waals surface area contributed by atoms with E-state index in [2.05, 4.69) is 5.10 Å². The fourth-order valence-corrected chi connectivity index (χ4v) is 3.57. The monoisotopic (exact) mass is 386 g/mol. The number of fused-ring (bicyclic) bond motifs is 1. The highest BCUT2D eigenvalue weighted by Gasteiger charge is 2.68. The number of methoxy groups -OCH3 is 1. The molecule has 148 valence electrons. The number of carbonyl (C=O) groups excluding carboxylic acids is 1. The molecule has 0 radical (unpaired) electrons. The molecule has 0 aromatic heterocycles. The Bertz CT molecular complexity index is 752. The summed E-state index contributed by atoms with van der Waals surface area (Å²) in [6.07, 6.45) is -4.68.